The van der Waals surface area contributed by atoms with E-state index in [1.165, 1.54) is 30.4 Å². The second-order valence-electron chi connectivity index (χ2n) is 20.7. The van der Waals surface area contributed by atoms with E-state index in [2.05, 4.69) is 63.1 Å². The molecule has 0 aromatic carbocycles. The maximum Gasteiger partial charge on any atom is 0.268 e. The van der Waals surface area contributed by atoms with Crippen molar-refractivity contribution >= 4 is 65.0 Å². The van der Waals surface area contributed by atoms with E-state index < -0.39 is 114 Å². The highest BCUT2D eigenvalue weighted by atomic mass is 16.2. The van der Waals surface area contributed by atoms with Gasteiger partial charge in [0.1, 0.15) is 48.0 Å². The molecule has 10 amide bonds. The molecule has 1 aliphatic rings. The molecule has 2 heterocycles. The molecule has 0 aliphatic carbocycles. The van der Waals surface area contributed by atoms with Gasteiger partial charge in [-0.3, -0.25) is 53.4 Å². The zero-order chi connectivity index (χ0) is 63.1. The molecule has 1 aromatic heterocycles. The van der Waals surface area contributed by atoms with E-state index in [1.807, 2.05) is 0 Å². The van der Waals surface area contributed by atoms with Crippen LogP contribution in [-0.4, -0.2) is 194 Å². The Morgan fingerprint density at radius 3 is 1.82 bits per heavy atom. The quantitative estimate of drug-likeness (QED) is 0.0125. The minimum absolute atomic E-state index is 0.0340. The molecule has 32 heteroatoms. The third-order valence-electron chi connectivity index (χ3n) is 13.7. The van der Waals surface area contributed by atoms with E-state index in [0.717, 1.165) is 0 Å². The number of aromatic amines is 1. The zero-order valence-electron chi connectivity index (χ0n) is 49.2. The van der Waals surface area contributed by atoms with Gasteiger partial charge in [-0.1, -0.05) is 12.5 Å². The molecule has 1 saturated heterocycles. The van der Waals surface area contributed by atoms with Crippen LogP contribution in [0.15, 0.2) is 24.3 Å². The molecule has 2 rings (SSSR count). The van der Waals surface area contributed by atoms with Crippen LogP contribution >= 0.6 is 0 Å². The number of nitrogens with one attached hydrogen (secondary N) is 12. The van der Waals surface area contributed by atoms with Crippen molar-refractivity contribution in [3.05, 3.63) is 30.0 Å². The minimum atomic E-state index is -1.37. The Morgan fingerprint density at radius 1 is 0.624 bits per heavy atom. The zero-order valence-corrected chi connectivity index (χ0v) is 49.2. The SMILES string of the molecule is C[C@H](NC(=O)[C@H](CCN)NC(=O)[C@@H](N)CCCCN)C(=O)NCC(=O)N[C@H](CCCN)C(=O)N1CCC[C@H]1C(=O)N[C@@H](Cc1cnc[nH]1)C(=O)N[C@@H](CCCCN)C(=O)N/C(=C/CCNC(=N)N)C(=O)N[C@@H](CCCCN)C(=O)NCCCCN. The molecule has 0 radical (unpaired) electrons. The van der Waals surface area contributed by atoms with Crippen LogP contribution in [0, 0.1) is 5.41 Å². The summed E-state index contributed by atoms with van der Waals surface area (Å²) in [6.45, 7) is 2.96. The lowest BCUT2D eigenvalue weighted by Gasteiger charge is -2.30. The largest absolute Gasteiger partial charge is 0.370 e. The number of carbonyl (C=O) groups is 10. The van der Waals surface area contributed by atoms with Crippen molar-refractivity contribution in [2.45, 2.75) is 171 Å². The monoisotopic (exact) mass is 1200 g/mol. The van der Waals surface area contributed by atoms with Gasteiger partial charge in [0, 0.05) is 37.9 Å². The Hall–Kier alpha value is -7.36. The maximum absolute atomic E-state index is 14.5. The Kier molecular flexibility index (Phi) is 36.8. The number of guanidine groups is 1. The van der Waals surface area contributed by atoms with Crippen molar-refractivity contribution in [3.63, 3.8) is 0 Å². The molecule has 32 nitrogen and oxygen atoms in total. The first-order valence-electron chi connectivity index (χ1n) is 29.4. The molecule has 480 valence electrons. The van der Waals surface area contributed by atoms with Gasteiger partial charge in [-0.15, -0.1) is 0 Å². The number of nitrogens with two attached hydrogens (primary N) is 8. The van der Waals surface area contributed by atoms with Crippen LogP contribution in [0.1, 0.15) is 122 Å². The third-order valence-corrected chi connectivity index (χ3v) is 13.7. The van der Waals surface area contributed by atoms with Gasteiger partial charge in [-0.2, -0.15) is 0 Å². The van der Waals surface area contributed by atoms with Crippen LogP contribution < -0.4 is 99.0 Å². The number of likely N-dealkylation sites (tertiary alicyclic amines) is 1. The van der Waals surface area contributed by atoms with E-state index in [0.29, 0.717) is 96.1 Å². The van der Waals surface area contributed by atoms with Crippen molar-refractivity contribution in [2.24, 2.45) is 45.9 Å². The Morgan fingerprint density at radius 2 is 1.21 bits per heavy atom. The van der Waals surface area contributed by atoms with Crippen molar-refractivity contribution in [1.82, 2.24) is 68.0 Å². The lowest BCUT2D eigenvalue weighted by molar-refractivity contribution is -0.142. The highest BCUT2D eigenvalue weighted by molar-refractivity contribution is 6.02. The number of imidazole rings is 1. The molecular formula is C53H98N22O10. The van der Waals surface area contributed by atoms with Crippen LogP contribution in [0.2, 0.25) is 0 Å². The molecule has 1 aromatic rings. The van der Waals surface area contributed by atoms with Gasteiger partial charge in [-0.25, -0.2) is 4.98 Å². The van der Waals surface area contributed by atoms with Gasteiger partial charge in [0.25, 0.3) is 5.91 Å². The summed E-state index contributed by atoms with van der Waals surface area (Å²) in [5.74, 6) is -7.34. The van der Waals surface area contributed by atoms with Crippen LogP contribution in [0.5, 0.6) is 0 Å². The second-order valence-corrected chi connectivity index (χ2v) is 20.7. The predicted octanol–water partition coefficient (Wildman–Crippen LogP) is -6.48. The summed E-state index contributed by atoms with van der Waals surface area (Å²) in [7, 11) is 0. The smallest absolute Gasteiger partial charge is 0.268 e. The number of nitrogens with zero attached hydrogens (tertiary/aromatic N) is 2. The Bertz CT molecular complexity index is 2290. The maximum atomic E-state index is 14.5. The fourth-order valence-corrected chi connectivity index (χ4v) is 8.95. The van der Waals surface area contributed by atoms with Gasteiger partial charge in [0.2, 0.25) is 53.2 Å². The molecule has 85 heavy (non-hydrogen) atoms. The van der Waals surface area contributed by atoms with Crippen molar-refractivity contribution in [2.75, 3.05) is 65.4 Å². The lowest BCUT2D eigenvalue weighted by Crippen LogP contribution is -2.59. The number of H-pyrrole nitrogens is 1. The first kappa shape index (κ1) is 73.7. The summed E-state index contributed by atoms with van der Waals surface area (Å²) in [5.41, 5.74) is 45.8. The summed E-state index contributed by atoms with van der Waals surface area (Å²) in [6.07, 6.45) is 10.2. The van der Waals surface area contributed by atoms with E-state index in [4.69, 9.17) is 51.3 Å². The molecular weight excluding hydrogens is 1100 g/mol. The molecule has 0 bridgehead atoms. The second kappa shape index (κ2) is 42.4. The van der Waals surface area contributed by atoms with Crippen LogP contribution in [0.3, 0.4) is 0 Å². The number of unbranched alkanes of at least 4 members (excludes halogenated alkanes) is 4. The molecule has 1 aliphatic heterocycles. The fourth-order valence-electron chi connectivity index (χ4n) is 8.95. The Balaban J connectivity index is 2.32. The van der Waals surface area contributed by atoms with E-state index >= 15 is 0 Å². The van der Waals surface area contributed by atoms with E-state index in [1.54, 1.807) is 0 Å². The van der Waals surface area contributed by atoms with Crippen LogP contribution in [0.4, 0.5) is 0 Å². The van der Waals surface area contributed by atoms with Gasteiger partial charge < -0.3 is 109 Å². The Labute approximate surface area is 497 Å². The molecule has 0 saturated carbocycles. The summed E-state index contributed by atoms with van der Waals surface area (Å²) in [4.78, 5) is 145. The topological polar surface area (TPSA) is 555 Å². The van der Waals surface area contributed by atoms with Crippen LogP contribution in [-0.2, 0) is 54.4 Å². The standard InChI is InChI=1S/C53H98N22O10/c1-33(68-47(80)39(19-25-59)70-45(78)35(60)13-2-5-20-54)44(77)66-31-43(76)69-40(16-10-24-58)52(85)75-28-12-18-42(75)51(84)74-41(29-34-30-63-32-67-34)50(83)73-37(15-4-7-22-56)48(81)72-38(17-11-27-65-53(61)62)49(82)71-36(14-3-6-21-55)46(79)64-26-9-8-23-57/h17,30,32-33,35-37,39-42H,2-16,18-29,31,54-60H2,1H3,(H,63,67)(H,64,79)(H,66,77)(H,68,80)(H,69,76)(H,70,78)(H,71,82)(H,72,81)(H,73,83)(H,74,84)(H4,61,62,65)/b38-17+/t33-,35-,36-,37-,39-,40+,41-,42-/m0/s1. The van der Waals surface area contributed by atoms with E-state index in [9.17, 15) is 47.9 Å². The summed E-state index contributed by atoms with van der Waals surface area (Å²) < 4.78 is 0. The first-order chi connectivity index (χ1) is 40.7. The van der Waals surface area contributed by atoms with Crippen molar-refractivity contribution < 1.29 is 47.9 Å². The van der Waals surface area contributed by atoms with Gasteiger partial charge in [0.05, 0.1) is 18.9 Å². The van der Waals surface area contributed by atoms with Crippen molar-refractivity contribution in [3.8, 4) is 0 Å². The number of carbonyl (C=O) groups excluding carboxylic acids is 10. The lowest BCUT2D eigenvalue weighted by atomic mass is 10.0. The highest BCUT2D eigenvalue weighted by Crippen LogP contribution is 2.21. The fraction of sp³-hybridized carbons (Fsp3) is 0.698. The average molecular weight is 1200 g/mol. The summed E-state index contributed by atoms with van der Waals surface area (Å²) in [5, 5.41) is 34.0. The molecule has 8 atom stereocenters. The number of hydrogen-bond donors (Lipinski definition) is 20. The first-order valence-corrected chi connectivity index (χ1v) is 29.4. The number of amides is 10. The minimum Gasteiger partial charge on any atom is -0.370 e. The predicted molar refractivity (Wildman–Crippen MR) is 318 cm³/mol. The third kappa shape index (κ3) is 28.9. The molecule has 1 fully saturated rings. The highest BCUT2D eigenvalue weighted by Gasteiger charge is 2.40. The molecule has 0 unspecified atom stereocenters. The molecule has 0 spiro atoms. The number of rotatable bonds is 44. The number of aromatic nitrogens is 2. The van der Waals surface area contributed by atoms with Crippen LogP contribution in [0.25, 0.3) is 0 Å². The van der Waals surface area contributed by atoms with Gasteiger partial charge in [0.15, 0.2) is 5.96 Å². The number of hydrogen-bond acceptors (Lipinski definition) is 19. The van der Waals surface area contributed by atoms with Gasteiger partial charge in [-0.05, 0) is 149 Å². The van der Waals surface area contributed by atoms with E-state index in [-0.39, 0.29) is 95.7 Å². The molecule has 28 N–H and O–H groups in total. The summed E-state index contributed by atoms with van der Waals surface area (Å²) >= 11 is 0. The van der Waals surface area contributed by atoms with Crippen molar-refractivity contribution in [1.29, 1.82) is 5.41 Å². The van der Waals surface area contributed by atoms with Gasteiger partial charge >= 0.3 is 0 Å². The normalized spacial score (nSPS) is 15.6. The average Bonchev–Trinajstić information content (AvgIpc) is 4.31. The summed E-state index contributed by atoms with van der Waals surface area (Å²) in [6, 6.07) is -9.17.